The molecule has 1 amide bonds. The smallest absolute Gasteiger partial charge is 0.244 e. The SMILES string of the molecule is C[S+]([O-])c1ccc(C(CC2CCCC2)C(=O)Nc2nccs2)cn1. The van der Waals surface area contributed by atoms with E-state index in [1.165, 1.54) is 37.0 Å². The van der Waals surface area contributed by atoms with Crippen LogP contribution in [0.25, 0.3) is 0 Å². The summed E-state index contributed by atoms with van der Waals surface area (Å²) in [7, 11) is 0. The zero-order chi connectivity index (χ0) is 16.9. The van der Waals surface area contributed by atoms with E-state index in [-0.39, 0.29) is 11.8 Å². The second-order valence-corrected chi connectivity index (χ2v) is 8.37. The lowest BCUT2D eigenvalue weighted by atomic mass is 9.88. The number of hydrogen-bond acceptors (Lipinski definition) is 5. The van der Waals surface area contributed by atoms with Gasteiger partial charge in [-0.25, -0.2) is 9.97 Å². The molecule has 7 heteroatoms. The van der Waals surface area contributed by atoms with E-state index >= 15 is 0 Å². The van der Waals surface area contributed by atoms with E-state index in [0.29, 0.717) is 16.1 Å². The Morgan fingerprint density at radius 2 is 2.21 bits per heavy atom. The summed E-state index contributed by atoms with van der Waals surface area (Å²) in [5.41, 5.74) is 0.880. The highest BCUT2D eigenvalue weighted by molar-refractivity contribution is 7.90. The average molecular weight is 364 g/mol. The van der Waals surface area contributed by atoms with Crippen LogP contribution in [0.5, 0.6) is 0 Å². The summed E-state index contributed by atoms with van der Waals surface area (Å²) in [6, 6.07) is 3.63. The van der Waals surface area contributed by atoms with Crippen molar-refractivity contribution in [2.75, 3.05) is 11.6 Å². The first kappa shape index (κ1) is 17.4. The maximum absolute atomic E-state index is 12.8. The molecule has 0 radical (unpaired) electrons. The highest BCUT2D eigenvalue weighted by Crippen LogP contribution is 2.35. The van der Waals surface area contributed by atoms with Gasteiger partial charge in [-0.2, -0.15) is 0 Å². The van der Waals surface area contributed by atoms with Gasteiger partial charge >= 0.3 is 0 Å². The summed E-state index contributed by atoms with van der Waals surface area (Å²) in [6.07, 6.45) is 10.7. The Bertz CT molecular complexity index is 653. The van der Waals surface area contributed by atoms with Gasteiger partial charge in [0.05, 0.1) is 5.92 Å². The zero-order valence-corrected chi connectivity index (χ0v) is 15.2. The van der Waals surface area contributed by atoms with Gasteiger partial charge in [0, 0.05) is 35.0 Å². The molecule has 1 N–H and O–H groups in total. The molecule has 0 aromatic carbocycles. The zero-order valence-electron chi connectivity index (χ0n) is 13.6. The first-order chi connectivity index (χ1) is 11.6. The molecule has 2 heterocycles. The number of rotatable bonds is 6. The number of aromatic nitrogens is 2. The van der Waals surface area contributed by atoms with E-state index in [1.807, 2.05) is 11.4 Å². The summed E-state index contributed by atoms with van der Waals surface area (Å²) in [4.78, 5) is 21.2. The lowest BCUT2D eigenvalue weighted by Gasteiger charge is -2.20. The van der Waals surface area contributed by atoms with Crippen molar-refractivity contribution in [1.29, 1.82) is 0 Å². The molecule has 0 aliphatic heterocycles. The number of carbonyl (C=O) groups is 1. The fourth-order valence-electron chi connectivity index (χ4n) is 3.22. The molecule has 0 saturated heterocycles. The molecule has 1 aliphatic rings. The van der Waals surface area contributed by atoms with Gasteiger partial charge < -0.3 is 9.87 Å². The molecule has 3 rings (SSSR count). The molecule has 1 aliphatic carbocycles. The van der Waals surface area contributed by atoms with Gasteiger partial charge in [0.15, 0.2) is 5.13 Å². The Balaban J connectivity index is 1.78. The van der Waals surface area contributed by atoms with Crippen molar-refractivity contribution in [3.63, 3.8) is 0 Å². The molecule has 1 saturated carbocycles. The van der Waals surface area contributed by atoms with Crippen molar-refractivity contribution in [2.24, 2.45) is 5.92 Å². The summed E-state index contributed by atoms with van der Waals surface area (Å²) >= 11 is 0.303. The fraction of sp³-hybridized carbons (Fsp3) is 0.471. The molecule has 1 fully saturated rings. The van der Waals surface area contributed by atoms with E-state index in [9.17, 15) is 9.35 Å². The van der Waals surface area contributed by atoms with Crippen molar-refractivity contribution in [1.82, 2.24) is 9.97 Å². The van der Waals surface area contributed by atoms with Gasteiger partial charge in [-0.3, -0.25) is 4.79 Å². The predicted octanol–water partition coefficient (Wildman–Crippen LogP) is 3.58. The quantitative estimate of drug-likeness (QED) is 0.796. The van der Waals surface area contributed by atoms with Crippen LogP contribution in [0.4, 0.5) is 5.13 Å². The van der Waals surface area contributed by atoms with Crippen molar-refractivity contribution in [3.8, 4) is 0 Å². The van der Waals surface area contributed by atoms with Crippen LogP contribution >= 0.6 is 11.3 Å². The topological polar surface area (TPSA) is 77.9 Å². The third-order valence-electron chi connectivity index (χ3n) is 4.48. The maximum atomic E-state index is 12.8. The Hall–Kier alpha value is -1.44. The fourth-order valence-corrected chi connectivity index (χ4v) is 4.21. The Kier molecular flexibility index (Phi) is 5.86. The second-order valence-electron chi connectivity index (χ2n) is 6.15. The maximum Gasteiger partial charge on any atom is 0.244 e. The van der Waals surface area contributed by atoms with Crippen LogP contribution in [0, 0.1) is 5.92 Å². The summed E-state index contributed by atoms with van der Waals surface area (Å²) < 4.78 is 11.5. The predicted molar refractivity (Wildman–Crippen MR) is 96.6 cm³/mol. The number of nitrogens with one attached hydrogen (secondary N) is 1. The molecule has 0 spiro atoms. The minimum Gasteiger partial charge on any atom is -0.610 e. The van der Waals surface area contributed by atoms with Crippen LogP contribution in [0.1, 0.15) is 43.6 Å². The van der Waals surface area contributed by atoms with Gasteiger partial charge in [-0.1, -0.05) is 25.7 Å². The molecule has 2 atom stereocenters. The van der Waals surface area contributed by atoms with E-state index in [0.717, 1.165) is 12.0 Å². The third-order valence-corrected chi connectivity index (χ3v) is 6.00. The monoisotopic (exact) mass is 363 g/mol. The summed E-state index contributed by atoms with van der Waals surface area (Å²) in [5.74, 6) is 0.296. The number of amides is 1. The second kappa shape index (κ2) is 8.09. The molecule has 2 aromatic heterocycles. The van der Waals surface area contributed by atoms with Gasteiger partial charge in [0.1, 0.15) is 6.26 Å². The van der Waals surface area contributed by atoms with E-state index in [1.54, 1.807) is 24.7 Å². The van der Waals surface area contributed by atoms with Gasteiger partial charge in [0.2, 0.25) is 10.9 Å². The number of anilines is 1. The van der Waals surface area contributed by atoms with Crippen LogP contribution in [-0.2, 0) is 16.0 Å². The van der Waals surface area contributed by atoms with Crippen LogP contribution in [-0.4, -0.2) is 26.7 Å². The third kappa shape index (κ3) is 4.34. The standard InChI is InChI=1S/C17H21N3O2S2/c1-24(22)15-7-6-13(11-19-15)14(10-12-4-2-3-5-12)16(21)20-17-18-8-9-23-17/h6-9,11-12,14H,2-5,10H2,1H3,(H,18,20,21). The molecule has 2 aromatic rings. The van der Waals surface area contributed by atoms with Crippen molar-refractivity contribution in [3.05, 3.63) is 35.5 Å². The van der Waals surface area contributed by atoms with Crippen molar-refractivity contribution in [2.45, 2.75) is 43.0 Å². The molecular formula is C17H21N3O2S2. The molecular weight excluding hydrogens is 342 g/mol. The Morgan fingerprint density at radius 1 is 1.42 bits per heavy atom. The van der Waals surface area contributed by atoms with Crippen LogP contribution < -0.4 is 5.32 Å². The van der Waals surface area contributed by atoms with Crippen LogP contribution in [0.15, 0.2) is 34.9 Å². The highest BCUT2D eigenvalue weighted by Gasteiger charge is 2.27. The molecule has 128 valence electrons. The summed E-state index contributed by atoms with van der Waals surface area (Å²) in [5, 5.41) is 5.92. The minimum atomic E-state index is -1.11. The number of carbonyl (C=O) groups excluding carboxylic acids is 1. The lowest BCUT2D eigenvalue weighted by Crippen LogP contribution is -2.23. The first-order valence-corrected chi connectivity index (χ1v) is 10.6. The van der Waals surface area contributed by atoms with Gasteiger partial charge in [-0.15, -0.1) is 11.3 Å². The number of nitrogens with zero attached hydrogens (tertiary/aromatic N) is 2. The first-order valence-electron chi connectivity index (χ1n) is 8.13. The van der Waals surface area contributed by atoms with Crippen molar-refractivity contribution < 1.29 is 9.35 Å². The number of thiazole rings is 1. The van der Waals surface area contributed by atoms with Crippen molar-refractivity contribution >= 4 is 33.6 Å². The molecule has 24 heavy (non-hydrogen) atoms. The Morgan fingerprint density at radius 3 is 2.79 bits per heavy atom. The molecule has 2 unspecified atom stereocenters. The minimum absolute atomic E-state index is 0.0379. The van der Waals surface area contributed by atoms with Crippen LogP contribution in [0.2, 0.25) is 0 Å². The lowest BCUT2D eigenvalue weighted by molar-refractivity contribution is -0.118. The largest absolute Gasteiger partial charge is 0.610 e. The van der Waals surface area contributed by atoms with E-state index in [2.05, 4.69) is 15.3 Å². The molecule has 0 bridgehead atoms. The van der Waals surface area contributed by atoms with Gasteiger partial charge in [-0.05, 0) is 24.0 Å². The number of pyridine rings is 1. The Labute approximate surface area is 149 Å². The normalized spacial score (nSPS) is 17.6. The van der Waals surface area contributed by atoms with Crippen LogP contribution in [0.3, 0.4) is 0 Å². The highest BCUT2D eigenvalue weighted by atomic mass is 32.2. The molecule has 5 nitrogen and oxygen atoms in total. The van der Waals surface area contributed by atoms with Gasteiger partial charge in [0.25, 0.3) is 0 Å². The number of hydrogen-bond donors (Lipinski definition) is 1. The van der Waals surface area contributed by atoms with E-state index < -0.39 is 11.2 Å². The van der Waals surface area contributed by atoms with E-state index in [4.69, 9.17) is 0 Å². The average Bonchev–Trinajstić information content (AvgIpc) is 3.26. The summed E-state index contributed by atoms with van der Waals surface area (Å²) in [6.45, 7) is 0.